The van der Waals surface area contributed by atoms with Gasteiger partial charge in [0, 0.05) is 4.47 Å². The van der Waals surface area contributed by atoms with E-state index in [0.717, 1.165) is 15.7 Å². The second kappa shape index (κ2) is 5.59. The summed E-state index contributed by atoms with van der Waals surface area (Å²) >= 11 is 3.36. The highest BCUT2D eigenvalue weighted by molar-refractivity contribution is 9.10. The van der Waals surface area contributed by atoms with Crippen molar-refractivity contribution < 1.29 is 4.39 Å². The van der Waals surface area contributed by atoms with E-state index in [2.05, 4.69) is 26.5 Å². The molecule has 0 saturated carbocycles. The van der Waals surface area contributed by atoms with E-state index in [1.54, 1.807) is 18.3 Å². The highest BCUT2D eigenvalue weighted by Gasteiger charge is 1.91. The van der Waals surface area contributed by atoms with Gasteiger partial charge in [0.15, 0.2) is 0 Å². The van der Waals surface area contributed by atoms with Crippen LogP contribution >= 0.6 is 15.9 Å². The molecule has 2 nitrogen and oxygen atoms in total. The fourth-order valence-electron chi connectivity index (χ4n) is 1.25. The Morgan fingerprint density at radius 3 is 2.29 bits per heavy atom. The van der Waals surface area contributed by atoms with E-state index in [1.165, 1.54) is 12.1 Å². The molecule has 86 valence electrons. The van der Waals surface area contributed by atoms with Gasteiger partial charge in [0.1, 0.15) is 5.82 Å². The van der Waals surface area contributed by atoms with Crippen LogP contribution in [0.15, 0.2) is 58.1 Å². The lowest BCUT2D eigenvalue weighted by atomic mass is 10.2. The SMILES string of the molecule is Fc1ccc(C=NNc2ccc(Br)cc2)cc1. The maximum absolute atomic E-state index is 12.6. The number of rotatable bonds is 3. The number of anilines is 1. The van der Waals surface area contributed by atoms with Gasteiger partial charge in [-0.3, -0.25) is 5.43 Å². The highest BCUT2D eigenvalue weighted by Crippen LogP contribution is 2.13. The number of benzene rings is 2. The fourth-order valence-corrected chi connectivity index (χ4v) is 1.52. The lowest BCUT2D eigenvalue weighted by Gasteiger charge is -1.99. The number of nitrogens with zero attached hydrogens (tertiary/aromatic N) is 1. The molecule has 1 N–H and O–H groups in total. The summed E-state index contributed by atoms with van der Waals surface area (Å²) in [6, 6.07) is 13.8. The van der Waals surface area contributed by atoms with Gasteiger partial charge >= 0.3 is 0 Å². The van der Waals surface area contributed by atoms with Gasteiger partial charge in [0.2, 0.25) is 0 Å². The van der Waals surface area contributed by atoms with Crippen molar-refractivity contribution in [2.24, 2.45) is 5.10 Å². The van der Waals surface area contributed by atoms with Crippen molar-refractivity contribution in [2.75, 3.05) is 5.43 Å². The normalized spacial score (nSPS) is 10.7. The molecule has 4 heteroatoms. The molecular weight excluding hydrogens is 283 g/mol. The molecule has 0 spiro atoms. The van der Waals surface area contributed by atoms with E-state index < -0.39 is 0 Å². The van der Waals surface area contributed by atoms with Crippen LogP contribution in [0.3, 0.4) is 0 Å². The van der Waals surface area contributed by atoms with E-state index in [4.69, 9.17) is 0 Å². The summed E-state index contributed by atoms with van der Waals surface area (Å²) in [7, 11) is 0. The Hall–Kier alpha value is -1.68. The summed E-state index contributed by atoms with van der Waals surface area (Å²) in [5.74, 6) is -0.247. The van der Waals surface area contributed by atoms with Gasteiger partial charge in [-0.2, -0.15) is 5.10 Å². The third kappa shape index (κ3) is 3.67. The number of hydrazone groups is 1. The first kappa shape index (κ1) is 11.8. The first-order valence-electron chi connectivity index (χ1n) is 5.04. The predicted molar refractivity (Wildman–Crippen MR) is 71.8 cm³/mol. The number of hydrogen-bond acceptors (Lipinski definition) is 2. The first-order valence-corrected chi connectivity index (χ1v) is 5.83. The monoisotopic (exact) mass is 292 g/mol. The Morgan fingerprint density at radius 1 is 1.00 bits per heavy atom. The average Bonchev–Trinajstić information content (AvgIpc) is 2.34. The summed E-state index contributed by atoms with van der Waals surface area (Å²) in [5, 5.41) is 4.06. The zero-order valence-electron chi connectivity index (χ0n) is 8.90. The van der Waals surface area contributed by atoms with Gasteiger partial charge in [-0.05, 0) is 42.0 Å². The molecule has 0 radical (unpaired) electrons. The predicted octanol–water partition coefficient (Wildman–Crippen LogP) is 4.03. The zero-order valence-corrected chi connectivity index (χ0v) is 10.5. The van der Waals surface area contributed by atoms with Crippen molar-refractivity contribution >= 4 is 27.8 Å². The molecule has 0 fully saturated rings. The van der Waals surface area contributed by atoms with E-state index in [0.29, 0.717) is 0 Å². The van der Waals surface area contributed by atoms with E-state index in [1.807, 2.05) is 24.3 Å². The van der Waals surface area contributed by atoms with Crippen LogP contribution in [0.4, 0.5) is 10.1 Å². The molecule has 0 unspecified atom stereocenters. The Balaban J connectivity index is 1.97. The molecule has 0 amide bonds. The van der Waals surface area contributed by atoms with Crippen molar-refractivity contribution in [1.82, 2.24) is 0 Å². The Bertz CT molecular complexity index is 506. The highest BCUT2D eigenvalue weighted by atomic mass is 79.9. The standard InChI is InChI=1S/C13H10BrFN2/c14-11-3-7-13(8-4-11)17-16-9-10-1-5-12(15)6-2-10/h1-9,17H. The van der Waals surface area contributed by atoms with Crippen LogP contribution in [-0.4, -0.2) is 6.21 Å². The summed E-state index contributed by atoms with van der Waals surface area (Å²) in [6.45, 7) is 0. The van der Waals surface area contributed by atoms with Gasteiger partial charge in [-0.1, -0.05) is 28.1 Å². The van der Waals surface area contributed by atoms with Crippen LogP contribution in [0, 0.1) is 5.82 Å². The van der Waals surface area contributed by atoms with Gasteiger partial charge in [-0.25, -0.2) is 4.39 Å². The van der Waals surface area contributed by atoms with Crippen LogP contribution in [0.2, 0.25) is 0 Å². The summed E-state index contributed by atoms with van der Waals surface area (Å²) in [4.78, 5) is 0. The molecule has 0 saturated heterocycles. The largest absolute Gasteiger partial charge is 0.279 e. The molecule has 0 heterocycles. The van der Waals surface area contributed by atoms with Crippen LogP contribution < -0.4 is 5.43 Å². The van der Waals surface area contributed by atoms with Gasteiger partial charge in [0.05, 0.1) is 11.9 Å². The third-order valence-electron chi connectivity index (χ3n) is 2.12. The second-order valence-corrected chi connectivity index (χ2v) is 4.34. The number of nitrogens with one attached hydrogen (secondary N) is 1. The Morgan fingerprint density at radius 2 is 1.65 bits per heavy atom. The van der Waals surface area contributed by atoms with Crippen molar-refractivity contribution in [2.45, 2.75) is 0 Å². The number of halogens is 2. The van der Waals surface area contributed by atoms with Crippen LogP contribution in [0.1, 0.15) is 5.56 Å². The molecule has 0 atom stereocenters. The lowest BCUT2D eigenvalue weighted by Crippen LogP contribution is -1.90. The summed E-state index contributed by atoms with van der Waals surface area (Å²) < 4.78 is 13.7. The van der Waals surface area contributed by atoms with E-state index in [-0.39, 0.29) is 5.82 Å². The molecular formula is C13H10BrFN2. The zero-order chi connectivity index (χ0) is 12.1. The van der Waals surface area contributed by atoms with E-state index >= 15 is 0 Å². The van der Waals surface area contributed by atoms with Crippen molar-refractivity contribution in [3.63, 3.8) is 0 Å². The Labute approximate surface area is 107 Å². The third-order valence-corrected chi connectivity index (χ3v) is 2.65. The molecule has 0 aliphatic carbocycles. The topological polar surface area (TPSA) is 24.4 Å². The van der Waals surface area contributed by atoms with Crippen LogP contribution in [-0.2, 0) is 0 Å². The quantitative estimate of drug-likeness (QED) is 0.670. The van der Waals surface area contributed by atoms with E-state index in [9.17, 15) is 4.39 Å². The molecule has 0 aliphatic heterocycles. The minimum atomic E-state index is -0.247. The second-order valence-electron chi connectivity index (χ2n) is 3.43. The van der Waals surface area contributed by atoms with Crippen molar-refractivity contribution in [3.8, 4) is 0 Å². The molecule has 2 aromatic carbocycles. The smallest absolute Gasteiger partial charge is 0.123 e. The maximum Gasteiger partial charge on any atom is 0.123 e. The molecule has 0 aromatic heterocycles. The van der Waals surface area contributed by atoms with Crippen LogP contribution in [0.5, 0.6) is 0 Å². The minimum Gasteiger partial charge on any atom is -0.279 e. The Kier molecular flexibility index (Phi) is 3.88. The molecule has 2 rings (SSSR count). The average molecular weight is 293 g/mol. The maximum atomic E-state index is 12.6. The van der Waals surface area contributed by atoms with Gasteiger partial charge in [-0.15, -0.1) is 0 Å². The molecule has 0 bridgehead atoms. The van der Waals surface area contributed by atoms with Crippen molar-refractivity contribution in [3.05, 3.63) is 64.4 Å². The lowest BCUT2D eigenvalue weighted by molar-refractivity contribution is 0.628. The van der Waals surface area contributed by atoms with Crippen LogP contribution in [0.25, 0.3) is 0 Å². The summed E-state index contributed by atoms with van der Waals surface area (Å²) in [5.41, 5.74) is 4.63. The fraction of sp³-hybridized carbons (Fsp3) is 0. The minimum absolute atomic E-state index is 0.247. The molecule has 17 heavy (non-hydrogen) atoms. The van der Waals surface area contributed by atoms with Gasteiger partial charge in [0.25, 0.3) is 0 Å². The van der Waals surface area contributed by atoms with Crippen molar-refractivity contribution in [1.29, 1.82) is 0 Å². The van der Waals surface area contributed by atoms with Gasteiger partial charge < -0.3 is 0 Å². The molecule has 0 aliphatic rings. The molecule has 2 aromatic rings. The number of hydrogen-bond donors (Lipinski definition) is 1. The summed E-state index contributed by atoms with van der Waals surface area (Å²) in [6.07, 6.45) is 1.64. The first-order chi connectivity index (χ1) is 8.24.